The largest absolute Gasteiger partial charge is 0.376 e. The second-order valence-corrected chi connectivity index (χ2v) is 6.37. The molecule has 110 valence electrons. The second-order valence-electron chi connectivity index (χ2n) is 6.37. The first-order chi connectivity index (χ1) is 9.79. The molecule has 0 radical (unpaired) electrons. The topological polar surface area (TPSA) is 47.3 Å². The molecule has 0 spiro atoms. The molecule has 0 aliphatic heterocycles. The van der Waals surface area contributed by atoms with Crippen LogP contribution >= 0.6 is 0 Å². The average Bonchev–Trinajstić information content (AvgIpc) is 2.89. The van der Waals surface area contributed by atoms with Crippen LogP contribution < -0.4 is 11.3 Å². The summed E-state index contributed by atoms with van der Waals surface area (Å²) in [5.74, 6) is 6.64. The van der Waals surface area contributed by atoms with Crippen molar-refractivity contribution in [1.82, 2.24) is 5.43 Å². The van der Waals surface area contributed by atoms with Gasteiger partial charge in [-0.1, -0.05) is 43.5 Å². The van der Waals surface area contributed by atoms with Crippen LogP contribution in [0.4, 0.5) is 0 Å². The molecule has 0 bridgehead atoms. The van der Waals surface area contributed by atoms with Crippen molar-refractivity contribution in [3.63, 3.8) is 0 Å². The maximum absolute atomic E-state index is 5.87. The first-order valence-corrected chi connectivity index (χ1v) is 7.90. The van der Waals surface area contributed by atoms with Gasteiger partial charge in [-0.2, -0.15) is 0 Å². The van der Waals surface area contributed by atoms with Crippen LogP contribution in [0.2, 0.25) is 0 Å². The third kappa shape index (κ3) is 2.39. The standard InChI is InChI=1S/C17H26N2O/c1-20-17(11-2-3-12-17)16(19-18)15-9-7-14(8-10-15)13-5-4-6-13/h7-10,13,16,19H,2-6,11-12,18H2,1H3. The van der Waals surface area contributed by atoms with Gasteiger partial charge in [0.25, 0.3) is 0 Å². The lowest BCUT2D eigenvalue weighted by Crippen LogP contribution is -2.46. The lowest BCUT2D eigenvalue weighted by molar-refractivity contribution is -0.0368. The van der Waals surface area contributed by atoms with E-state index in [1.165, 1.54) is 43.2 Å². The van der Waals surface area contributed by atoms with Crippen LogP contribution in [-0.4, -0.2) is 12.7 Å². The normalized spacial score (nSPS) is 23.5. The summed E-state index contributed by atoms with van der Waals surface area (Å²) < 4.78 is 5.87. The van der Waals surface area contributed by atoms with Crippen LogP contribution in [0.1, 0.15) is 68.0 Å². The van der Waals surface area contributed by atoms with E-state index in [1.807, 2.05) is 7.11 Å². The molecule has 20 heavy (non-hydrogen) atoms. The Labute approximate surface area is 121 Å². The van der Waals surface area contributed by atoms with E-state index in [0.717, 1.165) is 18.8 Å². The monoisotopic (exact) mass is 274 g/mol. The fraction of sp³-hybridized carbons (Fsp3) is 0.647. The Balaban J connectivity index is 1.81. The van der Waals surface area contributed by atoms with E-state index in [4.69, 9.17) is 10.6 Å². The SMILES string of the molecule is COC1(C(NN)c2ccc(C3CCC3)cc2)CCCC1. The van der Waals surface area contributed by atoms with Gasteiger partial charge in [-0.15, -0.1) is 0 Å². The Bertz CT molecular complexity index is 433. The minimum atomic E-state index is -0.132. The Morgan fingerprint density at radius 2 is 1.80 bits per heavy atom. The van der Waals surface area contributed by atoms with Crippen molar-refractivity contribution < 1.29 is 4.74 Å². The Hall–Kier alpha value is -0.900. The number of hydrogen-bond donors (Lipinski definition) is 2. The van der Waals surface area contributed by atoms with Crippen molar-refractivity contribution in [2.24, 2.45) is 5.84 Å². The number of hydrazine groups is 1. The van der Waals surface area contributed by atoms with Gasteiger partial charge in [0.05, 0.1) is 11.6 Å². The number of hydrogen-bond acceptors (Lipinski definition) is 3. The number of benzene rings is 1. The summed E-state index contributed by atoms with van der Waals surface area (Å²) in [7, 11) is 1.82. The van der Waals surface area contributed by atoms with Crippen LogP contribution in [0.3, 0.4) is 0 Å². The van der Waals surface area contributed by atoms with Crippen molar-refractivity contribution >= 4 is 0 Å². The number of nitrogens with one attached hydrogen (secondary N) is 1. The van der Waals surface area contributed by atoms with E-state index in [0.29, 0.717) is 0 Å². The summed E-state index contributed by atoms with van der Waals surface area (Å²) in [5.41, 5.74) is 5.60. The molecular weight excluding hydrogens is 248 g/mol. The van der Waals surface area contributed by atoms with Gasteiger partial charge < -0.3 is 4.74 Å². The fourth-order valence-electron chi connectivity index (χ4n) is 3.84. The lowest BCUT2D eigenvalue weighted by Gasteiger charge is -2.36. The van der Waals surface area contributed by atoms with Crippen LogP contribution in [0.25, 0.3) is 0 Å². The first kappa shape index (κ1) is 14.1. The molecule has 0 aromatic heterocycles. The zero-order valence-electron chi connectivity index (χ0n) is 12.4. The highest BCUT2D eigenvalue weighted by Gasteiger charge is 2.42. The Morgan fingerprint density at radius 1 is 1.15 bits per heavy atom. The van der Waals surface area contributed by atoms with E-state index in [-0.39, 0.29) is 11.6 Å². The number of nitrogens with two attached hydrogens (primary N) is 1. The molecular formula is C17H26N2O. The van der Waals surface area contributed by atoms with Crippen LogP contribution in [-0.2, 0) is 4.74 Å². The molecule has 3 nitrogen and oxygen atoms in total. The molecule has 1 aromatic carbocycles. The molecule has 1 unspecified atom stereocenters. The van der Waals surface area contributed by atoms with Crippen molar-refractivity contribution in [3.8, 4) is 0 Å². The van der Waals surface area contributed by atoms with Crippen molar-refractivity contribution in [3.05, 3.63) is 35.4 Å². The molecule has 3 heteroatoms. The maximum atomic E-state index is 5.87. The smallest absolute Gasteiger partial charge is 0.0885 e. The molecule has 2 aliphatic rings. The average molecular weight is 274 g/mol. The molecule has 2 saturated carbocycles. The van der Waals surface area contributed by atoms with Gasteiger partial charge in [0, 0.05) is 7.11 Å². The highest BCUT2D eigenvalue weighted by Crippen LogP contribution is 2.43. The van der Waals surface area contributed by atoms with Gasteiger partial charge >= 0.3 is 0 Å². The number of methoxy groups -OCH3 is 1. The van der Waals surface area contributed by atoms with Crippen LogP contribution in [0.5, 0.6) is 0 Å². The van der Waals surface area contributed by atoms with Crippen molar-refractivity contribution in [2.75, 3.05) is 7.11 Å². The molecule has 0 amide bonds. The van der Waals surface area contributed by atoms with E-state index in [2.05, 4.69) is 29.7 Å². The lowest BCUT2D eigenvalue weighted by atomic mass is 9.79. The maximum Gasteiger partial charge on any atom is 0.0885 e. The first-order valence-electron chi connectivity index (χ1n) is 7.90. The summed E-state index contributed by atoms with van der Waals surface area (Å²) in [5, 5.41) is 0. The molecule has 2 fully saturated rings. The van der Waals surface area contributed by atoms with Crippen molar-refractivity contribution in [2.45, 2.75) is 62.5 Å². The third-order valence-corrected chi connectivity index (χ3v) is 5.40. The Morgan fingerprint density at radius 3 is 2.25 bits per heavy atom. The zero-order valence-corrected chi connectivity index (χ0v) is 12.4. The summed E-state index contributed by atoms with van der Waals surface area (Å²) in [4.78, 5) is 0. The van der Waals surface area contributed by atoms with E-state index in [9.17, 15) is 0 Å². The highest BCUT2D eigenvalue weighted by molar-refractivity contribution is 5.30. The van der Waals surface area contributed by atoms with Gasteiger partial charge in [-0.05, 0) is 42.7 Å². The number of ether oxygens (including phenoxy) is 1. The summed E-state index contributed by atoms with van der Waals surface area (Å²) >= 11 is 0. The van der Waals surface area contributed by atoms with Crippen molar-refractivity contribution in [1.29, 1.82) is 0 Å². The van der Waals surface area contributed by atoms with E-state index in [1.54, 1.807) is 0 Å². The van der Waals surface area contributed by atoms with Gasteiger partial charge in [0.2, 0.25) is 0 Å². The predicted octanol–water partition coefficient (Wildman–Crippen LogP) is 3.42. The van der Waals surface area contributed by atoms with Gasteiger partial charge in [-0.25, -0.2) is 0 Å². The van der Waals surface area contributed by atoms with Gasteiger partial charge in [0.15, 0.2) is 0 Å². The predicted molar refractivity (Wildman–Crippen MR) is 81.3 cm³/mol. The zero-order chi connectivity index (χ0) is 14.0. The molecule has 0 saturated heterocycles. The van der Waals surface area contributed by atoms with Gasteiger partial charge in [-0.3, -0.25) is 11.3 Å². The van der Waals surface area contributed by atoms with Gasteiger partial charge in [0.1, 0.15) is 0 Å². The molecule has 3 N–H and O–H groups in total. The summed E-state index contributed by atoms with van der Waals surface area (Å²) in [6.45, 7) is 0. The molecule has 2 aliphatic carbocycles. The minimum absolute atomic E-state index is 0.0884. The fourth-order valence-corrected chi connectivity index (χ4v) is 3.84. The second kappa shape index (κ2) is 5.84. The highest BCUT2D eigenvalue weighted by atomic mass is 16.5. The quantitative estimate of drug-likeness (QED) is 0.639. The number of rotatable bonds is 5. The summed E-state index contributed by atoms with van der Waals surface area (Å²) in [6.07, 6.45) is 8.70. The van der Waals surface area contributed by atoms with E-state index >= 15 is 0 Å². The third-order valence-electron chi connectivity index (χ3n) is 5.40. The molecule has 1 aromatic rings. The Kier molecular flexibility index (Phi) is 4.11. The van der Waals surface area contributed by atoms with Crippen LogP contribution in [0.15, 0.2) is 24.3 Å². The summed E-state index contributed by atoms with van der Waals surface area (Å²) in [6, 6.07) is 9.11. The minimum Gasteiger partial charge on any atom is -0.376 e. The van der Waals surface area contributed by atoms with Crippen LogP contribution in [0, 0.1) is 0 Å². The van der Waals surface area contributed by atoms with E-state index < -0.39 is 0 Å². The molecule has 1 atom stereocenters. The molecule has 0 heterocycles. The molecule has 3 rings (SSSR count).